The second kappa shape index (κ2) is 11.2. The number of nitrogens with zero attached hydrogens (tertiary/aromatic N) is 1. The number of nitro groups is 1. The largest absolute Gasteiger partial charge is 1.00 e. The molecular formula is C9H11AuINO2. The minimum Gasteiger partial charge on any atom is -0.260 e. The van der Waals surface area contributed by atoms with Crippen LogP contribution in [0.25, 0.3) is 0 Å². The molecule has 0 saturated carbocycles. The maximum absolute atomic E-state index is 9.98. The van der Waals surface area contributed by atoms with E-state index in [0.29, 0.717) is 0 Å². The van der Waals surface area contributed by atoms with Gasteiger partial charge in [0.25, 0.3) is 0 Å². The van der Waals surface area contributed by atoms with Gasteiger partial charge in [-0.3, -0.25) is 10.1 Å². The molecule has 1 aromatic rings. The first kappa shape index (κ1) is 16.5. The summed E-state index contributed by atoms with van der Waals surface area (Å²) in [6.45, 7) is 2.17. The number of non-ortho nitro benzene ring substituents is 1. The van der Waals surface area contributed by atoms with Crippen LogP contribution in [-0.2, 0) is 22.4 Å². The molecule has 0 heterocycles. The van der Waals surface area contributed by atoms with Crippen molar-refractivity contribution in [3.63, 3.8) is 0 Å². The Hall–Kier alpha value is 0.0903. The van der Waals surface area contributed by atoms with Gasteiger partial charge in [-0.2, -0.15) is 18.2 Å². The average Bonchev–Trinajstić information content (AvgIpc) is 2.19. The van der Waals surface area contributed by atoms with Gasteiger partial charge in [-0.05, 0) is 10.8 Å². The van der Waals surface area contributed by atoms with Crippen molar-refractivity contribution >= 4 is 28.3 Å². The standard InChI is InChI=1S/C6H4NO2.C3H7I.Au/c8-7(9)6-4-2-1-3-5-6;1-2-3-4;/h1-4H;2-3H2,1H3;/q-1;;+1. The van der Waals surface area contributed by atoms with Gasteiger partial charge in [-0.25, -0.2) is 0 Å². The van der Waals surface area contributed by atoms with Crippen molar-refractivity contribution in [2.75, 3.05) is 4.43 Å². The first-order chi connectivity index (χ1) is 6.22. The van der Waals surface area contributed by atoms with Crippen LogP contribution in [0, 0.1) is 16.2 Å². The molecule has 0 bridgehead atoms. The fourth-order valence-corrected chi connectivity index (χ4v) is 0.497. The van der Waals surface area contributed by atoms with Crippen molar-refractivity contribution in [2.45, 2.75) is 13.3 Å². The van der Waals surface area contributed by atoms with E-state index in [2.05, 4.69) is 35.6 Å². The van der Waals surface area contributed by atoms with Gasteiger partial charge < -0.3 is 0 Å². The number of hydrogen-bond acceptors (Lipinski definition) is 2. The summed E-state index contributed by atoms with van der Waals surface area (Å²) in [4.78, 5) is 9.50. The van der Waals surface area contributed by atoms with Gasteiger partial charge in [0, 0.05) is 4.92 Å². The van der Waals surface area contributed by atoms with Crippen LogP contribution in [0.1, 0.15) is 13.3 Å². The van der Waals surface area contributed by atoms with Gasteiger partial charge in [0.15, 0.2) is 5.69 Å². The predicted octanol–water partition coefficient (Wildman–Crippen LogP) is 3.22. The van der Waals surface area contributed by atoms with Gasteiger partial charge in [0.1, 0.15) is 0 Å². The van der Waals surface area contributed by atoms with Crippen molar-refractivity contribution in [1.82, 2.24) is 0 Å². The van der Waals surface area contributed by atoms with Crippen LogP contribution in [0.3, 0.4) is 0 Å². The van der Waals surface area contributed by atoms with E-state index in [-0.39, 0.29) is 28.1 Å². The Bertz CT molecular complexity index is 242. The quantitative estimate of drug-likeness (QED) is 0.160. The second-order valence-electron chi connectivity index (χ2n) is 2.19. The summed E-state index contributed by atoms with van der Waals surface area (Å²) >= 11 is 2.35. The van der Waals surface area contributed by atoms with Gasteiger partial charge in [0.2, 0.25) is 0 Å². The molecule has 0 N–H and O–H groups in total. The van der Waals surface area contributed by atoms with Crippen molar-refractivity contribution in [3.05, 3.63) is 40.4 Å². The second-order valence-corrected chi connectivity index (χ2v) is 3.27. The van der Waals surface area contributed by atoms with Crippen LogP contribution < -0.4 is 0 Å². The smallest absolute Gasteiger partial charge is 0.260 e. The maximum Gasteiger partial charge on any atom is 1.00 e. The first-order valence-electron chi connectivity index (χ1n) is 3.89. The number of benzene rings is 1. The number of para-hydroxylation sites is 1. The number of rotatable bonds is 2. The fraction of sp³-hybridized carbons (Fsp3) is 0.333. The summed E-state index contributed by atoms with van der Waals surface area (Å²) in [5.41, 5.74) is 0.0116. The monoisotopic (exact) mass is 489 g/mol. The normalized spacial score (nSPS) is 7.86. The molecule has 0 unspecified atom stereocenters. The fourth-order valence-electron chi connectivity index (χ4n) is 0.497. The van der Waals surface area contributed by atoms with Crippen molar-refractivity contribution < 1.29 is 27.3 Å². The van der Waals surface area contributed by atoms with E-state index >= 15 is 0 Å². The molecule has 3 nitrogen and oxygen atoms in total. The molecule has 5 heteroatoms. The first-order valence-corrected chi connectivity index (χ1v) is 5.42. The van der Waals surface area contributed by atoms with E-state index in [1.165, 1.54) is 23.0 Å². The van der Waals surface area contributed by atoms with Crippen molar-refractivity contribution in [3.8, 4) is 0 Å². The molecule has 82 valence electrons. The zero-order valence-corrected chi connectivity index (χ0v) is 12.0. The summed E-state index contributed by atoms with van der Waals surface area (Å²) in [5.74, 6) is 0. The molecule has 1 aromatic carbocycles. The van der Waals surface area contributed by atoms with Crippen LogP contribution in [-0.4, -0.2) is 9.35 Å². The minimum absolute atomic E-state index is 0. The van der Waals surface area contributed by atoms with E-state index in [4.69, 9.17) is 0 Å². The van der Waals surface area contributed by atoms with E-state index in [9.17, 15) is 10.1 Å². The topological polar surface area (TPSA) is 43.1 Å². The van der Waals surface area contributed by atoms with E-state index in [1.807, 2.05) is 0 Å². The molecule has 0 saturated heterocycles. The Kier molecular flexibility index (Phi) is 13.2. The number of nitro benzene ring substituents is 1. The summed E-state index contributed by atoms with van der Waals surface area (Å²) in [7, 11) is 0. The minimum atomic E-state index is -0.472. The van der Waals surface area contributed by atoms with Crippen LogP contribution >= 0.6 is 22.6 Å². The zero-order valence-electron chi connectivity index (χ0n) is 7.67. The third-order valence-corrected chi connectivity index (χ3v) is 2.16. The Morgan fingerprint density at radius 2 is 2.14 bits per heavy atom. The zero-order chi connectivity index (χ0) is 10.1. The average molecular weight is 489 g/mol. The van der Waals surface area contributed by atoms with Gasteiger partial charge >= 0.3 is 22.4 Å². The molecule has 0 radical (unpaired) electrons. The molecule has 0 amide bonds. The Morgan fingerprint density at radius 1 is 1.57 bits per heavy atom. The van der Waals surface area contributed by atoms with Gasteiger partial charge in [-0.15, -0.1) is 6.07 Å². The molecule has 0 aliphatic carbocycles. The van der Waals surface area contributed by atoms with Crippen LogP contribution in [0.2, 0.25) is 0 Å². The SMILES string of the molecule is CCCI.O=[N+]([O-])c1[c-]cccc1.[Au+]. The van der Waals surface area contributed by atoms with E-state index in [0.717, 1.165) is 0 Å². The van der Waals surface area contributed by atoms with E-state index in [1.54, 1.807) is 12.1 Å². The number of halogens is 1. The maximum atomic E-state index is 9.98. The summed E-state index contributed by atoms with van der Waals surface area (Å²) < 4.78 is 1.29. The predicted molar refractivity (Wildman–Crippen MR) is 61.1 cm³/mol. The third kappa shape index (κ3) is 8.68. The third-order valence-electron chi connectivity index (χ3n) is 1.08. The Morgan fingerprint density at radius 3 is 2.36 bits per heavy atom. The molecule has 1 rings (SSSR count). The van der Waals surface area contributed by atoms with E-state index < -0.39 is 4.92 Å². The number of hydrogen-bond donors (Lipinski definition) is 0. The molecule has 0 fully saturated rings. The van der Waals surface area contributed by atoms with Crippen molar-refractivity contribution in [2.24, 2.45) is 0 Å². The van der Waals surface area contributed by atoms with Crippen LogP contribution in [0.5, 0.6) is 0 Å². The number of alkyl halides is 1. The molecule has 0 atom stereocenters. The van der Waals surface area contributed by atoms with Crippen LogP contribution in [0.4, 0.5) is 5.69 Å². The summed E-state index contributed by atoms with van der Waals surface area (Å²) in [6, 6.07) is 8.68. The van der Waals surface area contributed by atoms with Crippen LogP contribution in [0.15, 0.2) is 24.3 Å². The molecule has 14 heavy (non-hydrogen) atoms. The van der Waals surface area contributed by atoms with Gasteiger partial charge in [0.05, 0.1) is 0 Å². The summed E-state index contributed by atoms with van der Waals surface area (Å²) in [6.07, 6.45) is 1.31. The Labute approximate surface area is 113 Å². The molecular weight excluding hydrogens is 478 g/mol. The Balaban J connectivity index is 0. The van der Waals surface area contributed by atoms with Crippen molar-refractivity contribution in [1.29, 1.82) is 0 Å². The molecule has 0 aliphatic rings. The van der Waals surface area contributed by atoms with Gasteiger partial charge in [-0.1, -0.05) is 35.6 Å². The molecule has 0 aliphatic heterocycles. The summed E-state index contributed by atoms with van der Waals surface area (Å²) in [5, 5.41) is 9.98. The molecule has 0 aromatic heterocycles. The molecule has 0 spiro atoms.